The molecule has 0 aliphatic carbocycles. The SMILES string of the molecule is CC[C@H](C)[C@H](NC(=O)[C@H](CC(=O)O)NC(C)=O)C(=O)N[C@@H](Cc1ccc(O)cc1)C(=O)N[C@@H](CCC(=O)O)C(=O)N[C@H](C(N)=O)[C@@H](C)O. The van der Waals surface area contributed by atoms with Crippen molar-refractivity contribution in [2.24, 2.45) is 11.7 Å². The number of benzene rings is 1. The van der Waals surface area contributed by atoms with Crippen molar-refractivity contribution in [1.82, 2.24) is 26.6 Å². The number of phenols is 1. The number of aliphatic hydroxyl groups excluding tert-OH is 1. The zero-order chi connectivity index (χ0) is 36.7. The molecule has 0 spiro atoms. The number of hydrogen-bond acceptors (Lipinski definition) is 10. The minimum atomic E-state index is -1.58. The Bertz CT molecular complexity index is 1320. The zero-order valence-corrected chi connectivity index (χ0v) is 27.0. The maximum atomic E-state index is 13.7. The number of aliphatic hydroxyl groups is 1. The molecule has 7 atom stereocenters. The molecule has 18 heteroatoms. The Morgan fingerprint density at radius 3 is 1.73 bits per heavy atom. The lowest BCUT2D eigenvalue weighted by molar-refractivity contribution is -0.141. The number of rotatable bonds is 20. The van der Waals surface area contributed by atoms with E-state index >= 15 is 0 Å². The third-order valence-electron chi connectivity index (χ3n) is 7.24. The van der Waals surface area contributed by atoms with Crippen LogP contribution in [0.4, 0.5) is 0 Å². The maximum absolute atomic E-state index is 13.7. The maximum Gasteiger partial charge on any atom is 0.305 e. The molecule has 6 amide bonds. The van der Waals surface area contributed by atoms with E-state index in [1.807, 2.05) is 0 Å². The fraction of sp³-hybridized carbons (Fsp3) is 0.533. The van der Waals surface area contributed by atoms with Gasteiger partial charge in [0.2, 0.25) is 35.4 Å². The third-order valence-corrected chi connectivity index (χ3v) is 7.24. The summed E-state index contributed by atoms with van der Waals surface area (Å²) in [5.74, 6) is -9.04. The first kappa shape index (κ1) is 40.8. The van der Waals surface area contributed by atoms with E-state index in [1.54, 1.807) is 13.8 Å². The van der Waals surface area contributed by atoms with Crippen molar-refractivity contribution in [3.8, 4) is 5.75 Å². The molecule has 0 unspecified atom stereocenters. The molecule has 0 aliphatic rings. The highest BCUT2D eigenvalue weighted by Gasteiger charge is 2.35. The van der Waals surface area contributed by atoms with Gasteiger partial charge in [0.15, 0.2) is 0 Å². The monoisotopic (exact) mass is 680 g/mol. The van der Waals surface area contributed by atoms with Crippen LogP contribution < -0.4 is 32.3 Å². The molecule has 0 radical (unpaired) electrons. The second-order valence-electron chi connectivity index (χ2n) is 11.3. The third kappa shape index (κ3) is 14.0. The van der Waals surface area contributed by atoms with E-state index in [2.05, 4.69) is 26.6 Å². The summed E-state index contributed by atoms with van der Waals surface area (Å²) in [7, 11) is 0. The zero-order valence-electron chi connectivity index (χ0n) is 27.0. The highest BCUT2D eigenvalue weighted by Crippen LogP contribution is 2.14. The van der Waals surface area contributed by atoms with Gasteiger partial charge in [-0.3, -0.25) is 38.4 Å². The molecule has 0 heterocycles. The standard InChI is InChI=1S/C30H44N6O12/c1-5-14(2)24(35-29(47)21(13-23(42)43)32-16(4)38)30(48)34-20(12-17-6-8-18(39)9-7-17)28(46)33-19(10-11-22(40)41)27(45)36-25(15(3)37)26(31)44/h6-9,14-15,19-21,24-25,37,39H,5,10-13H2,1-4H3,(H2,31,44)(H,32,38)(H,33,46)(H,34,48)(H,35,47)(H,36,45)(H,40,41)(H,42,43)/t14-,15+,19-,20-,21-,24-,25-/m0/s1. The van der Waals surface area contributed by atoms with Crippen molar-refractivity contribution in [3.05, 3.63) is 29.8 Å². The van der Waals surface area contributed by atoms with Crippen LogP contribution in [0, 0.1) is 5.92 Å². The van der Waals surface area contributed by atoms with Crippen LogP contribution in [0.3, 0.4) is 0 Å². The van der Waals surface area contributed by atoms with Gasteiger partial charge in [-0.25, -0.2) is 0 Å². The summed E-state index contributed by atoms with van der Waals surface area (Å²) in [4.78, 5) is 99.3. The average molecular weight is 681 g/mol. The van der Waals surface area contributed by atoms with Crippen molar-refractivity contribution in [1.29, 1.82) is 0 Å². The van der Waals surface area contributed by atoms with Gasteiger partial charge < -0.3 is 52.7 Å². The molecule has 11 N–H and O–H groups in total. The smallest absolute Gasteiger partial charge is 0.305 e. The van der Waals surface area contributed by atoms with Crippen LogP contribution in [-0.2, 0) is 44.8 Å². The van der Waals surface area contributed by atoms with Crippen molar-refractivity contribution < 1.29 is 58.8 Å². The number of carboxylic acids is 2. The average Bonchev–Trinajstić information content (AvgIpc) is 2.99. The van der Waals surface area contributed by atoms with Crippen molar-refractivity contribution in [3.63, 3.8) is 0 Å². The molecule has 0 saturated carbocycles. The van der Waals surface area contributed by atoms with Gasteiger partial charge in [0.05, 0.1) is 12.5 Å². The summed E-state index contributed by atoms with van der Waals surface area (Å²) < 4.78 is 0. The number of carbonyl (C=O) groups is 8. The summed E-state index contributed by atoms with van der Waals surface area (Å²) in [5, 5.41) is 49.6. The number of hydrogen-bond donors (Lipinski definition) is 10. The van der Waals surface area contributed by atoms with Crippen LogP contribution >= 0.6 is 0 Å². The normalized spacial score (nSPS) is 15.2. The van der Waals surface area contributed by atoms with Gasteiger partial charge in [-0.2, -0.15) is 0 Å². The Morgan fingerprint density at radius 1 is 0.729 bits per heavy atom. The summed E-state index contributed by atoms with van der Waals surface area (Å²) in [5.41, 5.74) is 5.66. The van der Waals surface area contributed by atoms with E-state index < -0.39 is 109 Å². The molecule has 1 rings (SSSR count). The van der Waals surface area contributed by atoms with Crippen LogP contribution in [0.5, 0.6) is 5.75 Å². The van der Waals surface area contributed by atoms with Gasteiger partial charge in [0.25, 0.3) is 0 Å². The number of nitrogens with one attached hydrogen (secondary N) is 5. The summed E-state index contributed by atoms with van der Waals surface area (Å²) >= 11 is 0. The number of primary amides is 1. The molecule has 0 bridgehead atoms. The second-order valence-corrected chi connectivity index (χ2v) is 11.3. The predicted octanol–water partition coefficient (Wildman–Crippen LogP) is -2.37. The number of aliphatic carboxylic acids is 2. The predicted molar refractivity (Wildman–Crippen MR) is 167 cm³/mol. The van der Waals surface area contributed by atoms with Gasteiger partial charge >= 0.3 is 11.9 Å². The highest BCUT2D eigenvalue weighted by molar-refractivity contribution is 5.97. The first-order valence-electron chi connectivity index (χ1n) is 15.0. The fourth-order valence-corrected chi connectivity index (χ4v) is 4.42. The second kappa shape index (κ2) is 19.4. The van der Waals surface area contributed by atoms with Crippen LogP contribution in [0.2, 0.25) is 0 Å². The Morgan fingerprint density at radius 2 is 1.25 bits per heavy atom. The van der Waals surface area contributed by atoms with Crippen LogP contribution in [0.15, 0.2) is 24.3 Å². The molecular formula is C30H44N6O12. The number of carbonyl (C=O) groups excluding carboxylic acids is 6. The quantitative estimate of drug-likeness (QED) is 0.0691. The van der Waals surface area contributed by atoms with Gasteiger partial charge in [-0.05, 0) is 37.0 Å². The first-order chi connectivity index (χ1) is 22.4. The minimum absolute atomic E-state index is 0.0917. The summed E-state index contributed by atoms with van der Waals surface area (Å²) in [6, 6.07) is -1.93. The fourth-order valence-electron chi connectivity index (χ4n) is 4.42. The molecule has 1 aromatic carbocycles. The topological polar surface area (TPSA) is 304 Å². The number of aromatic hydroxyl groups is 1. The number of amides is 6. The van der Waals surface area contributed by atoms with E-state index in [1.165, 1.54) is 31.2 Å². The number of nitrogens with two attached hydrogens (primary N) is 1. The van der Waals surface area contributed by atoms with E-state index in [9.17, 15) is 58.8 Å². The van der Waals surface area contributed by atoms with Gasteiger partial charge in [-0.1, -0.05) is 32.4 Å². The van der Waals surface area contributed by atoms with Gasteiger partial charge in [0, 0.05) is 19.8 Å². The van der Waals surface area contributed by atoms with Crippen molar-refractivity contribution in [2.75, 3.05) is 0 Å². The van der Waals surface area contributed by atoms with Crippen molar-refractivity contribution in [2.45, 2.75) is 96.1 Å². The molecule has 0 saturated heterocycles. The molecule has 48 heavy (non-hydrogen) atoms. The van der Waals surface area contributed by atoms with E-state index in [0.29, 0.717) is 12.0 Å². The number of carboxylic acid groups (broad SMARTS) is 2. The number of phenolic OH excluding ortho intramolecular Hbond substituents is 1. The first-order valence-corrected chi connectivity index (χ1v) is 15.0. The summed E-state index contributed by atoms with van der Waals surface area (Å²) in [6.07, 6.45) is -3.17. The molecule has 1 aromatic rings. The molecule has 18 nitrogen and oxygen atoms in total. The Balaban J connectivity index is 3.43. The van der Waals surface area contributed by atoms with Crippen LogP contribution in [-0.4, -0.2) is 104 Å². The lowest BCUT2D eigenvalue weighted by atomic mass is 9.96. The Kier molecular flexibility index (Phi) is 16.5. The Hall–Kier alpha value is -5.26. The molecule has 266 valence electrons. The van der Waals surface area contributed by atoms with E-state index in [0.717, 1.165) is 6.92 Å². The summed E-state index contributed by atoms with van der Waals surface area (Å²) in [6.45, 7) is 5.57. The lowest BCUT2D eigenvalue weighted by Crippen LogP contribution is -2.61. The van der Waals surface area contributed by atoms with E-state index in [-0.39, 0.29) is 12.2 Å². The molecule has 0 aliphatic heterocycles. The van der Waals surface area contributed by atoms with E-state index in [4.69, 9.17) is 5.73 Å². The van der Waals surface area contributed by atoms with Gasteiger partial charge in [-0.15, -0.1) is 0 Å². The molecular weight excluding hydrogens is 636 g/mol. The molecule has 0 aromatic heterocycles. The van der Waals surface area contributed by atoms with Gasteiger partial charge in [0.1, 0.15) is 36.0 Å². The molecule has 0 fully saturated rings. The van der Waals surface area contributed by atoms with Crippen molar-refractivity contribution >= 4 is 47.4 Å². The van der Waals surface area contributed by atoms with Crippen LogP contribution in [0.25, 0.3) is 0 Å². The minimum Gasteiger partial charge on any atom is -0.508 e. The lowest BCUT2D eigenvalue weighted by Gasteiger charge is -2.29. The Labute approximate surface area is 276 Å². The van der Waals surface area contributed by atoms with Crippen LogP contribution in [0.1, 0.15) is 58.9 Å². The largest absolute Gasteiger partial charge is 0.508 e. The highest BCUT2D eigenvalue weighted by atomic mass is 16.4.